The lowest BCUT2D eigenvalue weighted by atomic mass is 9.70. The Kier molecular flexibility index (Phi) is 9.96. The van der Waals surface area contributed by atoms with Crippen LogP contribution in [0.15, 0.2) is 36.4 Å². The van der Waals surface area contributed by atoms with E-state index in [-0.39, 0.29) is 17.1 Å². The number of anilines is 1. The van der Waals surface area contributed by atoms with Crippen molar-refractivity contribution in [2.45, 2.75) is 88.4 Å². The molecule has 7 nitrogen and oxygen atoms in total. The average Bonchev–Trinajstić information content (AvgIpc) is 3.06. The smallest absolute Gasteiger partial charge is 0.338 e. The van der Waals surface area contributed by atoms with Crippen molar-refractivity contribution in [1.29, 1.82) is 0 Å². The summed E-state index contributed by atoms with van der Waals surface area (Å²) in [6.07, 6.45) is 7.97. The maximum atomic E-state index is 13.1. The van der Waals surface area contributed by atoms with Gasteiger partial charge in [0.05, 0.1) is 23.6 Å². The molecular weight excluding hydrogens is 604 g/mol. The maximum absolute atomic E-state index is 13.1. The number of thioether (sulfide) groups is 1. The van der Waals surface area contributed by atoms with Crippen LogP contribution in [-0.4, -0.2) is 56.4 Å². The highest BCUT2D eigenvalue weighted by molar-refractivity contribution is 7.99. The number of sulfonamides is 1. The van der Waals surface area contributed by atoms with Gasteiger partial charge in [0, 0.05) is 28.8 Å². The molecule has 2 aliphatic carbocycles. The number of rotatable bonds is 10. The van der Waals surface area contributed by atoms with Gasteiger partial charge in [-0.25, -0.2) is 18.4 Å². The lowest BCUT2D eigenvalue weighted by Gasteiger charge is -2.44. The van der Waals surface area contributed by atoms with E-state index in [9.17, 15) is 13.2 Å². The van der Waals surface area contributed by atoms with E-state index in [1.165, 1.54) is 24.0 Å². The number of benzene rings is 2. The number of unbranched alkanes of at least 4 members (excludes halogenated alkanes) is 2. The molecule has 2 aromatic carbocycles. The number of nitrogens with zero attached hydrogens (tertiary/aromatic N) is 1. The minimum Gasteiger partial charge on any atom is -0.490 e. The summed E-state index contributed by atoms with van der Waals surface area (Å²) in [6.45, 7) is 7.94. The van der Waals surface area contributed by atoms with Crippen LogP contribution in [0.1, 0.15) is 87.2 Å². The topological polar surface area (TPSA) is 98.9 Å². The van der Waals surface area contributed by atoms with Gasteiger partial charge in [-0.05, 0) is 119 Å². The molecule has 1 fully saturated rings. The predicted molar refractivity (Wildman–Crippen MR) is 176 cm³/mol. The van der Waals surface area contributed by atoms with Crippen molar-refractivity contribution in [3.63, 3.8) is 0 Å². The van der Waals surface area contributed by atoms with Crippen molar-refractivity contribution < 1.29 is 22.7 Å². The summed E-state index contributed by atoms with van der Waals surface area (Å²) in [7, 11) is -3.38. The van der Waals surface area contributed by atoms with Crippen molar-refractivity contribution >= 4 is 45.0 Å². The van der Waals surface area contributed by atoms with Crippen LogP contribution in [0.3, 0.4) is 0 Å². The van der Waals surface area contributed by atoms with Crippen molar-refractivity contribution in [3.8, 4) is 5.75 Å². The number of halogens is 1. The summed E-state index contributed by atoms with van der Waals surface area (Å²) >= 11 is 8.42. The van der Waals surface area contributed by atoms with Crippen LogP contribution in [0.2, 0.25) is 5.02 Å². The van der Waals surface area contributed by atoms with E-state index in [4.69, 9.17) is 26.2 Å². The zero-order chi connectivity index (χ0) is 30.8. The van der Waals surface area contributed by atoms with Crippen LogP contribution in [0.4, 0.5) is 5.69 Å². The van der Waals surface area contributed by atoms with Crippen LogP contribution in [0, 0.1) is 5.92 Å². The Hall–Kier alpha value is -1.94. The number of carbonyl (C=O) groups excluding carboxylic acids is 1. The van der Waals surface area contributed by atoms with Crippen LogP contribution in [0.25, 0.3) is 0 Å². The second-order valence-electron chi connectivity index (χ2n) is 13.5. The first-order valence-corrected chi connectivity index (χ1v) is 18.6. The number of fused-ring (bicyclic) bond motifs is 3. The molecule has 5 rings (SSSR count). The van der Waals surface area contributed by atoms with Gasteiger partial charge in [0.2, 0.25) is 10.0 Å². The fourth-order valence-electron chi connectivity index (χ4n) is 6.64. The fraction of sp³-hybridized carbons (Fsp3) is 0.606. The van der Waals surface area contributed by atoms with E-state index >= 15 is 0 Å². The number of hydrogen-bond donors (Lipinski definition) is 1. The largest absolute Gasteiger partial charge is 0.490 e. The average molecular weight is 649 g/mol. The summed E-state index contributed by atoms with van der Waals surface area (Å²) in [6, 6.07) is 12.0. The molecule has 0 saturated heterocycles. The van der Waals surface area contributed by atoms with E-state index in [0.29, 0.717) is 29.8 Å². The second kappa shape index (κ2) is 13.2. The number of hydrogen-bond acceptors (Lipinski definition) is 7. The molecule has 0 bridgehead atoms. The zero-order valence-electron chi connectivity index (χ0n) is 25.6. The molecule has 0 amide bonds. The van der Waals surface area contributed by atoms with Crippen molar-refractivity contribution in [1.82, 2.24) is 0 Å². The Balaban J connectivity index is 1.36. The van der Waals surface area contributed by atoms with Gasteiger partial charge in [0.25, 0.3) is 0 Å². The van der Waals surface area contributed by atoms with Gasteiger partial charge < -0.3 is 14.4 Å². The van der Waals surface area contributed by atoms with Crippen LogP contribution in [-0.2, 0) is 26.6 Å². The minimum absolute atomic E-state index is 0.0581. The minimum atomic E-state index is -3.38. The highest BCUT2D eigenvalue weighted by Crippen LogP contribution is 2.46. The second-order valence-corrected chi connectivity index (χ2v) is 17.0. The molecule has 1 saturated carbocycles. The van der Waals surface area contributed by atoms with Gasteiger partial charge in [0.15, 0.2) is 0 Å². The summed E-state index contributed by atoms with van der Waals surface area (Å²) < 4.78 is 34.7. The summed E-state index contributed by atoms with van der Waals surface area (Å²) in [5.41, 5.74) is 3.38. The molecule has 1 heterocycles. The maximum Gasteiger partial charge on any atom is 0.338 e. The summed E-state index contributed by atoms with van der Waals surface area (Å²) in [5.74, 6) is 2.08. The standard InChI is InChI=1S/C33H45ClN2O5S2/c1-32(2,3)41-31(37)24-9-13-29-28(19-24)36(20-25-10-14-30(25)42-16-5-4-6-17-43(35,38)39)21-33(22-40-29)15-7-8-23-18-26(34)11-12-27(23)33/h9,11-13,18-19,25,30H,4-8,10,14-17,20-22H2,1-3H3,(H2,35,38,39)/t25-,30-,33+/m1/s1. The first-order valence-electron chi connectivity index (χ1n) is 15.5. The highest BCUT2D eigenvalue weighted by Gasteiger charge is 2.43. The molecule has 2 aromatic rings. The first kappa shape index (κ1) is 32.5. The molecule has 10 heteroatoms. The van der Waals surface area contributed by atoms with Gasteiger partial charge in [-0.1, -0.05) is 24.1 Å². The van der Waals surface area contributed by atoms with Gasteiger partial charge >= 0.3 is 5.97 Å². The van der Waals surface area contributed by atoms with Gasteiger partial charge in [-0.2, -0.15) is 11.8 Å². The zero-order valence-corrected chi connectivity index (χ0v) is 28.0. The molecule has 43 heavy (non-hydrogen) atoms. The number of nitrogens with two attached hydrogens (primary N) is 1. The third-order valence-corrected chi connectivity index (χ3v) is 11.5. The van der Waals surface area contributed by atoms with E-state index in [2.05, 4.69) is 17.0 Å². The Morgan fingerprint density at radius 2 is 1.98 bits per heavy atom. The van der Waals surface area contributed by atoms with Crippen LogP contribution >= 0.6 is 23.4 Å². The molecule has 3 aliphatic rings. The molecule has 3 atom stereocenters. The van der Waals surface area contributed by atoms with Crippen molar-refractivity contribution in [3.05, 3.63) is 58.1 Å². The third kappa shape index (κ3) is 8.21. The van der Waals surface area contributed by atoms with Crippen molar-refractivity contribution in [2.75, 3.05) is 36.1 Å². The normalized spacial score (nSPS) is 23.5. The van der Waals surface area contributed by atoms with E-state index in [0.717, 1.165) is 67.4 Å². The van der Waals surface area contributed by atoms with E-state index < -0.39 is 15.6 Å². The van der Waals surface area contributed by atoms with Gasteiger partial charge in [0.1, 0.15) is 11.4 Å². The van der Waals surface area contributed by atoms with Crippen molar-refractivity contribution in [2.24, 2.45) is 11.1 Å². The van der Waals surface area contributed by atoms with Gasteiger partial charge in [-0.15, -0.1) is 0 Å². The summed E-state index contributed by atoms with van der Waals surface area (Å²) in [4.78, 5) is 15.6. The van der Waals surface area contributed by atoms with Crippen LogP contribution < -0.4 is 14.8 Å². The van der Waals surface area contributed by atoms with E-state index in [1.807, 2.05) is 56.8 Å². The summed E-state index contributed by atoms with van der Waals surface area (Å²) in [5, 5.41) is 6.47. The number of primary sulfonamides is 1. The molecule has 236 valence electrons. The molecule has 2 N–H and O–H groups in total. The Bertz CT molecular complexity index is 1430. The Morgan fingerprint density at radius 3 is 2.70 bits per heavy atom. The highest BCUT2D eigenvalue weighted by atomic mass is 35.5. The molecule has 0 radical (unpaired) electrons. The predicted octanol–water partition coefficient (Wildman–Crippen LogP) is 6.74. The quantitative estimate of drug-likeness (QED) is 0.225. The molecule has 0 unspecified atom stereocenters. The first-order chi connectivity index (χ1) is 20.3. The third-order valence-electron chi connectivity index (χ3n) is 8.88. The molecular formula is C33H45ClN2O5S2. The lowest BCUT2D eigenvalue weighted by molar-refractivity contribution is 0.00695. The number of ether oxygens (including phenoxy) is 2. The number of aryl methyl sites for hydroxylation is 1. The number of esters is 1. The lowest BCUT2D eigenvalue weighted by Crippen LogP contribution is -2.49. The van der Waals surface area contributed by atoms with Crippen LogP contribution in [0.5, 0.6) is 5.75 Å². The van der Waals surface area contributed by atoms with Gasteiger partial charge in [-0.3, -0.25) is 0 Å². The van der Waals surface area contributed by atoms with E-state index in [1.54, 1.807) is 0 Å². The monoisotopic (exact) mass is 648 g/mol. The molecule has 1 spiro atoms. The fourth-order valence-corrected chi connectivity index (χ4v) is 8.92. The number of carbonyl (C=O) groups is 1. The Morgan fingerprint density at radius 1 is 1.16 bits per heavy atom. The SMILES string of the molecule is CC(C)(C)OC(=O)c1ccc2c(c1)N(C[C@H]1CC[C@H]1SCCCCCS(N)(=O)=O)C[C@@]1(CCCc3cc(Cl)ccc31)CO2. The molecule has 0 aromatic heterocycles. The Labute approximate surface area is 266 Å². The molecule has 1 aliphatic heterocycles.